The van der Waals surface area contributed by atoms with Crippen LogP contribution in [0.15, 0.2) is 41.0 Å². The molecule has 1 heterocycles. The Morgan fingerprint density at radius 1 is 1.16 bits per heavy atom. The Balaban J connectivity index is 2.40. The number of carbonyl (C=O) groups is 2. The fourth-order valence-electron chi connectivity index (χ4n) is 1.84. The summed E-state index contributed by atoms with van der Waals surface area (Å²) in [5, 5.41) is 9.12. The summed E-state index contributed by atoms with van der Waals surface area (Å²) < 4.78 is 5.09. The zero-order valence-electron chi connectivity index (χ0n) is 10.6. The number of para-hydroxylation sites is 1. The van der Waals surface area contributed by atoms with Crippen LogP contribution in [0, 0.1) is 6.92 Å². The molecule has 5 nitrogen and oxygen atoms in total. The van der Waals surface area contributed by atoms with E-state index in [9.17, 15) is 9.59 Å². The highest BCUT2D eigenvalue weighted by molar-refractivity contribution is 6.09. The Bertz CT molecular complexity index is 630. The van der Waals surface area contributed by atoms with Crippen molar-refractivity contribution in [3.05, 3.63) is 53.5 Å². The van der Waals surface area contributed by atoms with Crippen molar-refractivity contribution in [1.29, 1.82) is 0 Å². The van der Waals surface area contributed by atoms with E-state index in [1.165, 1.54) is 24.3 Å². The second kappa shape index (κ2) is 4.97. The Labute approximate surface area is 110 Å². The molecule has 1 aromatic heterocycles. The molecule has 2 aromatic rings. The summed E-state index contributed by atoms with van der Waals surface area (Å²) in [6, 6.07) is 7.93. The molecule has 2 rings (SSSR count). The maximum atomic E-state index is 12.3. The summed E-state index contributed by atoms with van der Waals surface area (Å²) >= 11 is 0. The summed E-state index contributed by atoms with van der Waals surface area (Å²) in [5.74, 6) is -0.872. The predicted molar refractivity (Wildman–Crippen MR) is 69.6 cm³/mol. The summed E-state index contributed by atoms with van der Waals surface area (Å²) in [5.41, 5.74) is 0.850. The molecule has 5 heteroatoms. The third kappa shape index (κ3) is 2.35. The largest absolute Gasteiger partial charge is 0.478 e. The van der Waals surface area contributed by atoms with Crippen molar-refractivity contribution < 1.29 is 19.1 Å². The Morgan fingerprint density at radius 2 is 1.84 bits per heavy atom. The van der Waals surface area contributed by atoms with Crippen LogP contribution in [0.2, 0.25) is 0 Å². The van der Waals surface area contributed by atoms with E-state index in [0.717, 1.165) is 0 Å². The number of nitrogens with zero attached hydrogens (tertiary/aromatic N) is 1. The molecule has 98 valence electrons. The molecule has 1 N–H and O–H groups in total. The lowest BCUT2D eigenvalue weighted by molar-refractivity contribution is 0.0697. The lowest BCUT2D eigenvalue weighted by atomic mass is 10.1. The normalized spacial score (nSPS) is 10.2. The van der Waals surface area contributed by atoms with Crippen molar-refractivity contribution in [3.63, 3.8) is 0 Å². The highest BCUT2D eigenvalue weighted by Gasteiger charge is 2.21. The van der Waals surface area contributed by atoms with Crippen molar-refractivity contribution in [1.82, 2.24) is 0 Å². The van der Waals surface area contributed by atoms with Gasteiger partial charge in [0, 0.05) is 7.05 Å². The van der Waals surface area contributed by atoms with Gasteiger partial charge in [0.05, 0.1) is 23.1 Å². The van der Waals surface area contributed by atoms with E-state index in [4.69, 9.17) is 9.52 Å². The topological polar surface area (TPSA) is 70.8 Å². The SMILES string of the molecule is Cc1occc1C(=O)N(C)c1ccccc1C(=O)O. The fraction of sp³-hybridized carbons (Fsp3) is 0.143. The van der Waals surface area contributed by atoms with Crippen LogP contribution in [-0.4, -0.2) is 24.0 Å². The number of hydrogen-bond donors (Lipinski definition) is 1. The van der Waals surface area contributed by atoms with E-state index in [0.29, 0.717) is 17.0 Å². The zero-order chi connectivity index (χ0) is 14.0. The predicted octanol–water partition coefficient (Wildman–Crippen LogP) is 2.56. The first-order valence-electron chi connectivity index (χ1n) is 5.67. The van der Waals surface area contributed by atoms with Crippen LogP contribution in [0.5, 0.6) is 0 Å². The number of hydrogen-bond acceptors (Lipinski definition) is 3. The van der Waals surface area contributed by atoms with Gasteiger partial charge in [-0.15, -0.1) is 0 Å². The third-order valence-electron chi connectivity index (χ3n) is 2.89. The number of anilines is 1. The van der Waals surface area contributed by atoms with E-state index in [1.54, 1.807) is 31.2 Å². The van der Waals surface area contributed by atoms with Crippen LogP contribution in [0.3, 0.4) is 0 Å². The standard InChI is InChI=1S/C14H13NO4/c1-9-10(7-8-19-9)13(16)15(2)12-6-4-3-5-11(12)14(17)18/h3-8H,1-2H3,(H,17,18). The van der Waals surface area contributed by atoms with Crippen molar-refractivity contribution in [3.8, 4) is 0 Å². The number of furan rings is 1. The molecule has 0 bridgehead atoms. The van der Waals surface area contributed by atoms with E-state index >= 15 is 0 Å². The highest BCUT2D eigenvalue weighted by atomic mass is 16.4. The molecule has 0 saturated heterocycles. The summed E-state index contributed by atoms with van der Waals surface area (Å²) in [6.07, 6.45) is 1.43. The Kier molecular flexibility index (Phi) is 3.37. The average molecular weight is 259 g/mol. The van der Waals surface area contributed by atoms with Crippen LogP contribution in [0.4, 0.5) is 5.69 Å². The number of carboxylic acid groups (broad SMARTS) is 1. The van der Waals surface area contributed by atoms with E-state index in [1.807, 2.05) is 0 Å². The molecule has 0 fully saturated rings. The molecule has 19 heavy (non-hydrogen) atoms. The number of amides is 1. The van der Waals surface area contributed by atoms with Crippen molar-refractivity contribution in [2.75, 3.05) is 11.9 Å². The van der Waals surface area contributed by atoms with Gasteiger partial charge in [0.15, 0.2) is 0 Å². The first-order valence-corrected chi connectivity index (χ1v) is 5.67. The van der Waals surface area contributed by atoms with Crippen LogP contribution >= 0.6 is 0 Å². The molecule has 1 amide bonds. The number of aromatic carboxylic acids is 1. The van der Waals surface area contributed by atoms with Gasteiger partial charge in [0.25, 0.3) is 5.91 Å². The number of benzene rings is 1. The van der Waals surface area contributed by atoms with Gasteiger partial charge in [-0.3, -0.25) is 4.79 Å². The summed E-state index contributed by atoms with van der Waals surface area (Å²) in [4.78, 5) is 24.7. The fourth-order valence-corrected chi connectivity index (χ4v) is 1.84. The first kappa shape index (κ1) is 12.9. The van der Waals surface area contributed by atoms with Gasteiger partial charge in [-0.25, -0.2) is 4.79 Å². The molecular formula is C14H13NO4. The van der Waals surface area contributed by atoms with E-state index < -0.39 is 5.97 Å². The quantitative estimate of drug-likeness (QED) is 0.919. The molecule has 0 radical (unpaired) electrons. The van der Waals surface area contributed by atoms with Gasteiger partial charge < -0.3 is 14.4 Å². The molecule has 0 saturated carbocycles. The van der Waals surface area contributed by atoms with Crippen molar-refractivity contribution >= 4 is 17.6 Å². The van der Waals surface area contributed by atoms with Gasteiger partial charge in [0.1, 0.15) is 5.76 Å². The maximum Gasteiger partial charge on any atom is 0.337 e. The maximum absolute atomic E-state index is 12.3. The second-order valence-corrected chi connectivity index (χ2v) is 4.08. The molecule has 0 unspecified atom stereocenters. The number of aryl methyl sites for hydroxylation is 1. The molecule has 0 aliphatic rings. The van der Waals surface area contributed by atoms with Crippen LogP contribution in [0.25, 0.3) is 0 Å². The molecule has 0 aliphatic heterocycles. The van der Waals surface area contributed by atoms with Crippen molar-refractivity contribution in [2.24, 2.45) is 0 Å². The van der Waals surface area contributed by atoms with Gasteiger partial charge >= 0.3 is 5.97 Å². The number of carbonyl (C=O) groups excluding carboxylic acids is 1. The summed E-state index contributed by atoms with van der Waals surface area (Å²) in [6.45, 7) is 1.68. The lowest BCUT2D eigenvalue weighted by Gasteiger charge is -2.18. The van der Waals surface area contributed by atoms with Gasteiger partial charge in [0.2, 0.25) is 0 Å². The number of rotatable bonds is 3. The molecule has 0 aliphatic carbocycles. The zero-order valence-corrected chi connectivity index (χ0v) is 10.6. The van der Waals surface area contributed by atoms with Gasteiger partial charge in [-0.05, 0) is 25.1 Å². The van der Waals surface area contributed by atoms with E-state index in [-0.39, 0.29) is 11.5 Å². The second-order valence-electron chi connectivity index (χ2n) is 4.08. The van der Waals surface area contributed by atoms with Crippen LogP contribution in [0.1, 0.15) is 26.5 Å². The molecule has 1 aromatic carbocycles. The Hall–Kier alpha value is -2.56. The molecular weight excluding hydrogens is 246 g/mol. The highest BCUT2D eigenvalue weighted by Crippen LogP contribution is 2.22. The average Bonchev–Trinajstić information content (AvgIpc) is 2.83. The minimum atomic E-state index is -1.07. The van der Waals surface area contributed by atoms with Crippen LogP contribution < -0.4 is 4.90 Å². The first-order chi connectivity index (χ1) is 9.02. The van der Waals surface area contributed by atoms with Gasteiger partial charge in [-0.2, -0.15) is 0 Å². The smallest absolute Gasteiger partial charge is 0.337 e. The van der Waals surface area contributed by atoms with E-state index in [2.05, 4.69) is 0 Å². The van der Waals surface area contributed by atoms with Crippen LogP contribution in [-0.2, 0) is 0 Å². The monoisotopic (exact) mass is 259 g/mol. The van der Waals surface area contributed by atoms with Crippen molar-refractivity contribution in [2.45, 2.75) is 6.92 Å². The molecule has 0 atom stereocenters. The molecule has 0 spiro atoms. The minimum absolute atomic E-state index is 0.0829. The number of carboxylic acids is 1. The van der Waals surface area contributed by atoms with Gasteiger partial charge in [-0.1, -0.05) is 12.1 Å². The lowest BCUT2D eigenvalue weighted by Crippen LogP contribution is -2.28. The minimum Gasteiger partial charge on any atom is -0.478 e. The summed E-state index contributed by atoms with van der Waals surface area (Å²) in [7, 11) is 1.54. The Morgan fingerprint density at radius 3 is 2.42 bits per heavy atom. The third-order valence-corrected chi connectivity index (χ3v) is 2.89.